The normalized spacial score (nSPS) is 11.5. The molecule has 0 aromatic heterocycles. The van der Waals surface area contributed by atoms with Crippen molar-refractivity contribution in [2.75, 3.05) is 6.61 Å². The second kappa shape index (κ2) is 5.47. The zero-order valence-corrected chi connectivity index (χ0v) is 11.2. The molecule has 0 unspecified atom stereocenters. The molecular weight excluding hydrogens is 258 g/mol. The monoisotopic (exact) mass is 273 g/mol. The van der Waals surface area contributed by atoms with Crippen molar-refractivity contribution in [2.24, 2.45) is 0 Å². The van der Waals surface area contributed by atoms with Crippen LogP contribution in [0.5, 0.6) is 0 Å². The Morgan fingerprint density at radius 2 is 2.00 bits per heavy atom. The molecule has 1 aromatic rings. The van der Waals surface area contributed by atoms with Crippen LogP contribution >= 0.6 is 0 Å². The number of carbonyl (C=O) groups is 1. The van der Waals surface area contributed by atoms with E-state index in [2.05, 4.69) is 4.84 Å². The molecule has 0 spiro atoms. The summed E-state index contributed by atoms with van der Waals surface area (Å²) in [4.78, 5) is 17.4. The van der Waals surface area contributed by atoms with Gasteiger partial charge in [-0.1, -0.05) is 4.89 Å². The van der Waals surface area contributed by atoms with Crippen molar-refractivity contribution in [3.8, 4) is 0 Å². The zero-order chi connectivity index (χ0) is 13.9. The van der Waals surface area contributed by atoms with E-state index in [-0.39, 0.29) is 17.1 Å². The van der Waals surface area contributed by atoms with Gasteiger partial charge in [-0.05, 0) is 44.0 Å². The molecule has 0 aliphatic carbocycles. The van der Waals surface area contributed by atoms with Crippen LogP contribution in [0.15, 0.2) is 17.0 Å². The Hall–Kier alpha value is -1.44. The molecule has 7 heteroatoms. The van der Waals surface area contributed by atoms with Crippen molar-refractivity contribution in [2.45, 2.75) is 25.7 Å². The first-order chi connectivity index (χ1) is 8.29. The average Bonchev–Trinajstić information content (AvgIpc) is 2.29. The Labute approximate surface area is 106 Å². The van der Waals surface area contributed by atoms with Gasteiger partial charge in [0.2, 0.25) is 0 Å². The van der Waals surface area contributed by atoms with E-state index in [4.69, 9.17) is 5.11 Å². The lowest BCUT2D eigenvalue weighted by atomic mass is 10.1. The zero-order valence-electron chi connectivity index (χ0n) is 10.4. The maximum absolute atomic E-state index is 11.9. The molecular formula is C11H15NO5S. The molecule has 0 saturated heterocycles. The number of sulfonamides is 1. The summed E-state index contributed by atoms with van der Waals surface area (Å²) in [5.74, 6) is -1.18. The Balaban J connectivity index is 3.35. The molecule has 0 atom stereocenters. The number of carboxylic acid groups (broad SMARTS) is 1. The van der Waals surface area contributed by atoms with E-state index >= 15 is 0 Å². The number of rotatable bonds is 5. The van der Waals surface area contributed by atoms with Gasteiger partial charge in [-0.3, -0.25) is 4.84 Å². The van der Waals surface area contributed by atoms with E-state index in [1.807, 2.05) is 4.89 Å². The Morgan fingerprint density at radius 3 is 2.50 bits per heavy atom. The summed E-state index contributed by atoms with van der Waals surface area (Å²) in [6.45, 7) is 5.08. The first-order valence-electron chi connectivity index (χ1n) is 5.27. The number of hydrogen-bond donors (Lipinski definition) is 2. The highest BCUT2D eigenvalue weighted by Crippen LogP contribution is 2.21. The largest absolute Gasteiger partial charge is 0.478 e. The summed E-state index contributed by atoms with van der Waals surface area (Å²) in [5, 5.41) is 8.92. The highest BCUT2D eigenvalue weighted by Gasteiger charge is 2.20. The number of carboxylic acids is 1. The van der Waals surface area contributed by atoms with Gasteiger partial charge in [0.15, 0.2) is 0 Å². The molecule has 0 heterocycles. The van der Waals surface area contributed by atoms with Crippen LogP contribution in [0.3, 0.4) is 0 Å². The molecule has 0 radical (unpaired) electrons. The van der Waals surface area contributed by atoms with Gasteiger partial charge in [-0.15, -0.1) is 0 Å². The summed E-state index contributed by atoms with van der Waals surface area (Å²) in [7, 11) is -3.87. The predicted octanol–water partition coefficient (Wildman–Crippen LogP) is 1.23. The second-order valence-electron chi connectivity index (χ2n) is 3.74. The van der Waals surface area contributed by atoms with E-state index < -0.39 is 16.0 Å². The molecule has 1 aromatic carbocycles. The molecule has 0 aliphatic heterocycles. The third-order valence-corrected chi connectivity index (χ3v) is 3.81. The molecule has 18 heavy (non-hydrogen) atoms. The average molecular weight is 273 g/mol. The smallest absolute Gasteiger partial charge is 0.335 e. The summed E-state index contributed by atoms with van der Waals surface area (Å²) in [5.41, 5.74) is 1.01. The van der Waals surface area contributed by atoms with E-state index in [1.54, 1.807) is 20.8 Å². The second-order valence-corrected chi connectivity index (χ2v) is 5.35. The quantitative estimate of drug-likeness (QED) is 0.787. The van der Waals surface area contributed by atoms with Gasteiger partial charge in [0.25, 0.3) is 10.0 Å². The van der Waals surface area contributed by atoms with Crippen molar-refractivity contribution in [3.63, 3.8) is 0 Å². The minimum Gasteiger partial charge on any atom is -0.478 e. The van der Waals surface area contributed by atoms with Crippen LogP contribution < -0.4 is 4.89 Å². The summed E-state index contributed by atoms with van der Waals surface area (Å²) in [6, 6.07) is 2.55. The number of nitrogens with one attached hydrogen (secondary N) is 1. The molecule has 1 rings (SSSR count). The Morgan fingerprint density at radius 1 is 1.39 bits per heavy atom. The van der Waals surface area contributed by atoms with Gasteiger partial charge in [0.1, 0.15) is 0 Å². The van der Waals surface area contributed by atoms with Crippen LogP contribution in [0.4, 0.5) is 0 Å². The van der Waals surface area contributed by atoms with Gasteiger partial charge in [-0.25, -0.2) is 13.2 Å². The van der Waals surface area contributed by atoms with Gasteiger partial charge < -0.3 is 5.11 Å². The van der Waals surface area contributed by atoms with Crippen molar-refractivity contribution in [1.82, 2.24) is 4.89 Å². The van der Waals surface area contributed by atoms with Crippen molar-refractivity contribution in [1.29, 1.82) is 0 Å². The highest BCUT2D eigenvalue weighted by molar-refractivity contribution is 7.89. The first kappa shape index (κ1) is 14.6. The lowest BCUT2D eigenvalue weighted by Gasteiger charge is -2.11. The molecule has 6 nitrogen and oxygen atoms in total. The first-order valence-corrected chi connectivity index (χ1v) is 6.76. The standard InChI is InChI=1S/C11H15NO5S/c1-4-17-12-18(15,16)10-6-9(11(13)14)5-7(2)8(10)3/h5-6,12H,4H2,1-3H3,(H,13,14). The molecule has 0 aliphatic rings. The van der Waals surface area contributed by atoms with Gasteiger partial charge in [-0.2, -0.15) is 0 Å². The molecule has 2 N–H and O–H groups in total. The molecule has 0 amide bonds. The third kappa shape index (κ3) is 3.06. The number of hydrogen-bond acceptors (Lipinski definition) is 4. The van der Waals surface area contributed by atoms with Crippen LogP contribution in [0.2, 0.25) is 0 Å². The van der Waals surface area contributed by atoms with Crippen LogP contribution in [0, 0.1) is 13.8 Å². The van der Waals surface area contributed by atoms with Crippen LogP contribution in [-0.2, 0) is 14.9 Å². The van der Waals surface area contributed by atoms with Gasteiger partial charge in [0, 0.05) is 0 Å². The Kier molecular flexibility index (Phi) is 4.44. The summed E-state index contributed by atoms with van der Waals surface area (Å²) < 4.78 is 23.8. The maximum Gasteiger partial charge on any atom is 0.335 e. The highest BCUT2D eigenvalue weighted by atomic mass is 32.2. The van der Waals surface area contributed by atoms with Crippen molar-refractivity contribution in [3.05, 3.63) is 28.8 Å². The number of aryl methyl sites for hydroxylation is 1. The van der Waals surface area contributed by atoms with Crippen molar-refractivity contribution >= 4 is 16.0 Å². The van der Waals surface area contributed by atoms with E-state index in [0.29, 0.717) is 11.1 Å². The van der Waals surface area contributed by atoms with Gasteiger partial charge >= 0.3 is 5.97 Å². The lowest BCUT2D eigenvalue weighted by Crippen LogP contribution is -2.25. The minimum atomic E-state index is -3.87. The fourth-order valence-electron chi connectivity index (χ4n) is 1.41. The fraction of sp³-hybridized carbons (Fsp3) is 0.364. The Bertz CT molecular complexity index is 565. The van der Waals surface area contributed by atoms with E-state index in [0.717, 1.165) is 6.07 Å². The SMILES string of the molecule is CCONS(=O)(=O)c1cc(C(=O)O)cc(C)c1C. The maximum atomic E-state index is 11.9. The number of aromatic carboxylic acids is 1. The number of benzene rings is 1. The van der Waals surface area contributed by atoms with Crippen LogP contribution in [0.25, 0.3) is 0 Å². The van der Waals surface area contributed by atoms with E-state index in [1.165, 1.54) is 6.07 Å². The fourth-order valence-corrected chi connectivity index (χ4v) is 2.62. The molecule has 0 bridgehead atoms. The summed E-state index contributed by atoms with van der Waals surface area (Å²) in [6.07, 6.45) is 0. The van der Waals surface area contributed by atoms with Crippen LogP contribution in [0.1, 0.15) is 28.4 Å². The van der Waals surface area contributed by atoms with Crippen LogP contribution in [-0.4, -0.2) is 26.1 Å². The molecule has 100 valence electrons. The summed E-state index contributed by atoms with van der Waals surface area (Å²) >= 11 is 0. The van der Waals surface area contributed by atoms with E-state index in [9.17, 15) is 13.2 Å². The molecule has 0 saturated carbocycles. The third-order valence-electron chi connectivity index (χ3n) is 2.47. The minimum absolute atomic E-state index is 0.0741. The van der Waals surface area contributed by atoms with Gasteiger partial charge in [0.05, 0.1) is 17.1 Å². The topological polar surface area (TPSA) is 92.7 Å². The molecule has 0 fully saturated rings. The lowest BCUT2D eigenvalue weighted by molar-refractivity contribution is 0.0696. The predicted molar refractivity (Wildman–Crippen MR) is 64.8 cm³/mol. The van der Waals surface area contributed by atoms with Crippen molar-refractivity contribution < 1.29 is 23.2 Å².